The molecule has 5 heteroatoms. The molecule has 0 saturated carbocycles. The number of ether oxygens (including phenoxy) is 1. The highest BCUT2D eigenvalue weighted by Crippen LogP contribution is 2.16. The Morgan fingerprint density at radius 2 is 2.43 bits per heavy atom. The fourth-order valence-corrected chi connectivity index (χ4v) is 1.70. The van der Waals surface area contributed by atoms with E-state index in [2.05, 4.69) is 15.3 Å². The summed E-state index contributed by atoms with van der Waals surface area (Å²) < 4.78 is 4.97. The van der Waals surface area contributed by atoms with Gasteiger partial charge < -0.3 is 10.1 Å². The van der Waals surface area contributed by atoms with Gasteiger partial charge in [-0.3, -0.25) is 0 Å². The summed E-state index contributed by atoms with van der Waals surface area (Å²) in [5.74, 6) is 1.69. The minimum atomic E-state index is 0.668. The topological polar surface area (TPSA) is 47.0 Å². The van der Waals surface area contributed by atoms with E-state index in [1.54, 1.807) is 25.1 Å². The molecule has 4 nitrogen and oxygen atoms in total. The van der Waals surface area contributed by atoms with Crippen LogP contribution in [0.1, 0.15) is 6.42 Å². The van der Waals surface area contributed by atoms with Crippen LogP contribution in [0.2, 0.25) is 0 Å². The third kappa shape index (κ3) is 3.93. The number of hydrogen-bond acceptors (Lipinski definition) is 5. The molecule has 0 spiro atoms. The van der Waals surface area contributed by atoms with Gasteiger partial charge in [-0.2, -0.15) is 0 Å². The number of aromatic nitrogens is 2. The van der Waals surface area contributed by atoms with Crippen LogP contribution in [0.3, 0.4) is 0 Å². The van der Waals surface area contributed by atoms with E-state index in [-0.39, 0.29) is 0 Å². The summed E-state index contributed by atoms with van der Waals surface area (Å²) in [6.07, 6.45) is 2.80. The van der Waals surface area contributed by atoms with Crippen LogP contribution >= 0.6 is 11.8 Å². The Morgan fingerprint density at radius 3 is 3.14 bits per heavy atom. The van der Waals surface area contributed by atoms with Crippen molar-refractivity contribution >= 4 is 17.7 Å². The molecule has 0 aliphatic rings. The highest BCUT2D eigenvalue weighted by molar-refractivity contribution is 7.99. The molecule has 0 bridgehead atoms. The van der Waals surface area contributed by atoms with Gasteiger partial charge in [0, 0.05) is 32.7 Å². The average Bonchev–Trinajstić information content (AvgIpc) is 2.25. The number of hydrogen-bond donors (Lipinski definition) is 1. The summed E-state index contributed by atoms with van der Waals surface area (Å²) in [4.78, 5) is 8.33. The van der Waals surface area contributed by atoms with Crippen molar-refractivity contribution in [2.24, 2.45) is 0 Å². The molecule has 78 valence electrons. The van der Waals surface area contributed by atoms with Crippen LogP contribution in [0.5, 0.6) is 0 Å². The van der Waals surface area contributed by atoms with Crippen molar-refractivity contribution < 1.29 is 4.74 Å². The Hall–Kier alpha value is -0.810. The van der Waals surface area contributed by atoms with Crippen molar-refractivity contribution in [1.29, 1.82) is 0 Å². The normalized spacial score (nSPS) is 10.1. The first-order valence-electron chi connectivity index (χ1n) is 4.49. The van der Waals surface area contributed by atoms with Crippen molar-refractivity contribution in [3.05, 3.63) is 12.3 Å². The first-order chi connectivity index (χ1) is 6.86. The van der Waals surface area contributed by atoms with Crippen LogP contribution in [0.15, 0.2) is 17.3 Å². The molecule has 14 heavy (non-hydrogen) atoms. The van der Waals surface area contributed by atoms with Crippen LogP contribution < -0.4 is 5.32 Å². The summed E-state index contributed by atoms with van der Waals surface area (Å²) in [5, 5.41) is 3.91. The Bertz CT molecular complexity index is 270. The molecule has 0 aromatic carbocycles. The highest BCUT2D eigenvalue weighted by atomic mass is 32.2. The first kappa shape index (κ1) is 11.3. The van der Waals surface area contributed by atoms with E-state index >= 15 is 0 Å². The maximum Gasteiger partial charge on any atom is 0.223 e. The summed E-state index contributed by atoms with van der Waals surface area (Å²) in [5.41, 5.74) is 0. The van der Waals surface area contributed by atoms with Crippen LogP contribution in [-0.4, -0.2) is 36.5 Å². The van der Waals surface area contributed by atoms with E-state index in [1.807, 2.05) is 13.1 Å². The molecule has 1 rings (SSSR count). The van der Waals surface area contributed by atoms with Gasteiger partial charge in [-0.15, -0.1) is 11.8 Å². The van der Waals surface area contributed by atoms with Crippen molar-refractivity contribution in [2.45, 2.75) is 11.4 Å². The lowest BCUT2D eigenvalue weighted by molar-refractivity contribution is 0.200. The molecular weight excluding hydrogens is 198 g/mol. The van der Waals surface area contributed by atoms with Crippen molar-refractivity contribution in [3.8, 4) is 0 Å². The molecule has 0 atom stereocenters. The Kier molecular flexibility index (Phi) is 5.32. The zero-order chi connectivity index (χ0) is 10.2. The van der Waals surface area contributed by atoms with Crippen molar-refractivity contribution in [2.75, 3.05) is 31.8 Å². The van der Waals surface area contributed by atoms with Gasteiger partial charge >= 0.3 is 0 Å². The van der Waals surface area contributed by atoms with Crippen molar-refractivity contribution in [1.82, 2.24) is 9.97 Å². The Labute approximate surface area is 88.5 Å². The average molecular weight is 213 g/mol. The van der Waals surface area contributed by atoms with E-state index < -0.39 is 0 Å². The fraction of sp³-hybridized carbons (Fsp3) is 0.556. The predicted molar refractivity (Wildman–Crippen MR) is 58.8 cm³/mol. The number of methoxy groups -OCH3 is 1. The van der Waals surface area contributed by atoms with Crippen LogP contribution in [0.4, 0.5) is 5.95 Å². The van der Waals surface area contributed by atoms with Gasteiger partial charge in [-0.1, -0.05) is 0 Å². The fourth-order valence-electron chi connectivity index (χ4n) is 0.923. The highest BCUT2D eigenvalue weighted by Gasteiger charge is 1.97. The molecule has 0 fully saturated rings. The third-order valence-electron chi connectivity index (χ3n) is 1.60. The first-order valence-corrected chi connectivity index (χ1v) is 5.48. The van der Waals surface area contributed by atoms with Gasteiger partial charge in [-0.25, -0.2) is 9.97 Å². The van der Waals surface area contributed by atoms with Gasteiger partial charge in [0.05, 0.1) is 0 Å². The van der Waals surface area contributed by atoms with E-state index in [1.165, 1.54) is 0 Å². The quantitative estimate of drug-likeness (QED) is 0.442. The summed E-state index contributed by atoms with van der Waals surface area (Å²) >= 11 is 1.72. The summed E-state index contributed by atoms with van der Waals surface area (Å²) in [7, 11) is 3.53. The molecule has 0 saturated heterocycles. The molecule has 0 unspecified atom stereocenters. The second-order valence-corrected chi connectivity index (χ2v) is 3.78. The number of nitrogens with one attached hydrogen (secondary N) is 1. The number of nitrogens with zero attached hydrogens (tertiary/aromatic N) is 2. The number of anilines is 1. The second kappa shape index (κ2) is 6.62. The minimum Gasteiger partial charge on any atom is -0.385 e. The third-order valence-corrected chi connectivity index (χ3v) is 2.61. The van der Waals surface area contributed by atoms with E-state index in [9.17, 15) is 0 Å². The standard InChI is InChI=1S/C9H15N3OS/c1-10-9-11-5-4-8(12-9)14-7-3-6-13-2/h4-5H,3,6-7H2,1-2H3,(H,10,11,12). The van der Waals surface area contributed by atoms with Gasteiger partial charge in [0.15, 0.2) is 0 Å². The molecule has 1 N–H and O–H groups in total. The number of rotatable bonds is 6. The maximum absolute atomic E-state index is 4.97. The lowest BCUT2D eigenvalue weighted by atomic mass is 10.5. The lowest BCUT2D eigenvalue weighted by Gasteiger charge is -2.02. The minimum absolute atomic E-state index is 0.668. The van der Waals surface area contributed by atoms with E-state index in [0.29, 0.717) is 5.95 Å². The monoisotopic (exact) mass is 213 g/mol. The van der Waals surface area contributed by atoms with E-state index in [4.69, 9.17) is 4.74 Å². The molecule has 0 amide bonds. The van der Waals surface area contributed by atoms with Gasteiger partial charge in [0.2, 0.25) is 5.95 Å². The molecule has 1 heterocycles. The van der Waals surface area contributed by atoms with Gasteiger partial charge in [0.1, 0.15) is 5.03 Å². The Morgan fingerprint density at radius 1 is 1.57 bits per heavy atom. The number of thioether (sulfide) groups is 1. The zero-order valence-corrected chi connectivity index (χ0v) is 9.30. The van der Waals surface area contributed by atoms with Gasteiger partial charge in [0.25, 0.3) is 0 Å². The lowest BCUT2D eigenvalue weighted by Crippen LogP contribution is -1.96. The van der Waals surface area contributed by atoms with E-state index in [0.717, 1.165) is 23.8 Å². The SMILES string of the molecule is CNc1nccc(SCCCOC)n1. The molecule has 0 radical (unpaired) electrons. The second-order valence-electron chi connectivity index (χ2n) is 2.66. The molecular formula is C9H15N3OS. The predicted octanol–water partition coefficient (Wildman–Crippen LogP) is 1.65. The van der Waals surface area contributed by atoms with Crippen LogP contribution in [0, 0.1) is 0 Å². The molecule has 0 aliphatic heterocycles. The molecule has 0 aliphatic carbocycles. The van der Waals surface area contributed by atoms with Crippen LogP contribution in [0.25, 0.3) is 0 Å². The van der Waals surface area contributed by atoms with Gasteiger partial charge in [-0.05, 0) is 12.5 Å². The van der Waals surface area contributed by atoms with Crippen LogP contribution in [-0.2, 0) is 4.74 Å². The van der Waals surface area contributed by atoms with Crippen molar-refractivity contribution in [3.63, 3.8) is 0 Å². The summed E-state index contributed by atoms with van der Waals surface area (Å²) in [6.45, 7) is 0.803. The Balaban J connectivity index is 2.34. The maximum atomic E-state index is 4.97. The largest absolute Gasteiger partial charge is 0.385 e. The molecule has 1 aromatic heterocycles. The smallest absolute Gasteiger partial charge is 0.223 e. The molecule has 1 aromatic rings. The zero-order valence-electron chi connectivity index (χ0n) is 8.49. The summed E-state index contributed by atoms with van der Waals surface area (Å²) in [6, 6.07) is 1.91.